The standard InChI is InChI=1S/C23H27ClN2O3/c1-3-29-23(28)19-10-6-12-21(16(19)2)25-22(27)18-9-7-13-26(15-18)14-17-8-4-5-11-20(17)24/h4-6,8,10-12,18H,3,7,9,13-15H2,1-2H3,(H,25,27)/t18-/m0/s1. The summed E-state index contributed by atoms with van der Waals surface area (Å²) in [7, 11) is 0. The summed E-state index contributed by atoms with van der Waals surface area (Å²) in [6.07, 6.45) is 1.81. The molecular formula is C23H27ClN2O3. The Labute approximate surface area is 177 Å². The number of carbonyl (C=O) groups excluding carboxylic acids is 2. The van der Waals surface area contributed by atoms with Crippen molar-refractivity contribution in [1.29, 1.82) is 0 Å². The van der Waals surface area contributed by atoms with Crippen molar-refractivity contribution in [1.82, 2.24) is 4.90 Å². The van der Waals surface area contributed by atoms with Crippen LogP contribution in [0.4, 0.5) is 5.69 Å². The SMILES string of the molecule is CCOC(=O)c1cccc(NC(=O)[C@H]2CCCN(Cc3ccccc3Cl)C2)c1C. The first kappa shape index (κ1) is 21.3. The maximum Gasteiger partial charge on any atom is 0.338 e. The number of nitrogens with one attached hydrogen (secondary N) is 1. The van der Waals surface area contributed by atoms with E-state index in [9.17, 15) is 9.59 Å². The minimum atomic E-state index is -0.371. The van der Waals surface area contributed by atoms with Gasteiger partial charge < -0.3 is 10.1 Å². The van der Waals surface area contributed by atoms with Crippen molar-refractivity contribution >= 4 is 29.2 Å². The fraction of sp³-hybridized carbons (Fsp3) is 0.391. The van der Waals surface area contributed by atoms with Crippen LogP contribution in [0.3, 0.4) is 0 Å². The van der Waals surface area contributed by atoms with Crippen molar-refractivity contribution in [2.75, 3.05) is 25.0 Å². The van der Waals surface area contributed by atoms with Gasteiger partial charge in [0, 0.05) is 23.8 Å². The number of hydrogen-bond donors (Lipinski definition) is 1. The maximum absolute atomic E-state index is 12.9. The second-order valence-electron chi connectivity index (χ2n) is 7.35. The van der Waals surface area contributed by atoms with Crippen molar-refractivity contribution in [3.05, 3.63) is 64.2 Å². The average molecular weight is 415 g/mol. The Hall–Kier alpha value is -2.37. The second kappa shape index (κ2) is 9.90. The number of hydrogen-bond acceptors (Lipinski definition) is 4. The fourth-order valence-corrected chi connectivity index (χ4v) is 3.91. The van der Waals surface area contributed by atoms with Crippen LogP contribution in [0.15, 0.2) is 42.5 Å². The molecule has 3 rings (SSSR count). The Morgan fingerprint density at radius 2 is 2.00 bits per heavy atom. The molecule has 2 aromatic rings. The average Bonchev–Trinajstić information content (AvgIpc) is 2.71. The monoisotopic (exact) mass is 414 g/mol. The van der Waals surface area contributed by atoms with E-state index in [4.69, 9.17) is 16.3 Å². The number of amides is 1. The highest BCUT2D eigenvalue weighted by molar-refractivity contribution is 6.31. The van der Waals surface area contributed by atoms with Gasteiger partial charge in [-0.2, -0.15) is 0 Å². The molecule has 5 nitrogen and oxygen atoms in total. The van der Waals surface area contributed by atoms with Gasteiger partial charge in [0.15, 0.2) is 0 Å². The van der Waals surface area contributed by atoms with Gasteiger partial charge in [0.2, 0.25) is 5.91 Å². The molecule has 0 unspecified atom stereocenters. The van der Waals surface area contributed by atoms with Crippen LogP contribution in [0.5, 0.6) is 0 Å². The number of piperidine rings is 1. The Balaban J connectivity index is 1.65. The van der Waals surface area contributed by atoms with Gasteiger partial charge in [0.05, 0.1) is 18.1 Å². The van der Waals surface area contributed by atoms with Crippen LogP contribution in [0.2, 0.25) is 5.02 Å². The third-order valence-electron chi connectivity index (χ3n) is 5.32. The first-order chi connectivity index (χ1) is 14.0. The third kappa shape index (κ3) is 5.37. The molecule has 154 valence electrons. The number of likely N-dealkylation sites (tertiary alicyclic amines) is 1. The molecule has 1 fully saturated rings. The topological polar surface area (TPSA) is 58.6 Å². The van der Waals surface area contributed by atoms with Crippen LogP contribution in [0.25, 0.3) is 0 Å². The molecule has 0 bridgehead atoms. The van der Waals surface area contributed by atoms with E-state index in [-0.39, 0.29) is 17.8 Å². The number of anilines is 1. The lowest BCUT2D eigenvalue weighted by Crippen LogP contribution is -2.40. The molecule has 1 atom stereocenters. The third-order valence-corrected chi connectivity index (χ3v) is 5.68. The lowest BCUT2D eigenvalue weighted by molar-refractivity contribution is -0.121. The second-order valence-corrected chi connectivity index (χ2v) is 7.76. The number of benzene rings is 2. The van der Waals surface area contributed by atoms with Gasteiger partial charge in [-0.1, -0.05) is 35.9 Å². The number of carbonyl (C=O) groups is 2. The number of halogens is 1. The lowest BCUT2D eigenvalue weighted by atomic mass is 9.96. The van der Waals surface area contributed by atoms with E-state index >= 15 is 0 Å². The summed E-state index contributed by atoms with van der Waals surface area (Å²) < 4.78 is 5.10. The van der Waals surface area contributed by atoms with Crippen molar-refractivity contribution in [3.63, 3.8) is 0 Å². The molecule has 1 heterocycles. The summed E-state index contributed by atoms with van der Waals surface area (Å²) >= 11 is 6.29. The summed E-state index contributed by atoms with van der Waals surface area (Å²) in [5, 5.41) is 3.77. The summed E-state index contributed by atoms with van der Waals surface area (Å²) in [5.74, 6) is -0.487. The summed E-state index contributed by atoms with van der Waals surface area (Å²) in [5.41, 5.74) is 2.94. The summed E-state index contributed by atoms with van der Waals surface area (Å²) in [4.78, 5) is 27.3. The minimum Gasteiger partial charge on any atom is -0.462 e. The zero-order valence-corrected chi connectivity index (χ0v) is 17.7. The highest BCUT2D eigenvalue weighted by atomic mass is 35.5. The van der Waals surface area contributed by atoms with E-state index in [2.05, 4.69) is 10.2 Å². The predicted octanol–water partition coefficient (Wildman–Crippen LogP) is 4.68. The van der Waals surface area contributed by atoms with Gasteiger partial charge >= 0.3 is 5.97 Å². The maximum atomic E-state index is 12.9. The molecule has 0 radical (unpaired) electrons. The summed E-state index contributed by atoms with van der Waals surface area (Å²) in [6.45, 7) is 6.29. The summed E-state index contributed by atoms with van der Waals surface area (Å²) in [6, 6.07) is 13.1. The molecule has 2 aromatic carbocycles. The normalized spacial score (nSPS) is 17.0. The fourth-order valence-electron chi connectivity index (χ4n) is 3.72. The van der Waals surface area contributed by atoms with Crippen LogP contribution in [-0.2, 0) is 16.1 Å². The van der Waals surface area contributed by atoms with Gasteiger partial charge in [0.1, 0.15) is 0 Å². The highest BCUT2D eigenvalue weighted by Gasteiger charge is 2.27. The molecule has 1 aliphatic rings. The van der Waals surface area contributed by atoms with Gasteiger partial charge in [-0.3, -0.25) is 9.69 Å². The Morgan fingerprint density at radius 1 is 1.21 bits per heavy atom. The zero-order valence-electron chi connectivity index (χ0n) is 16.9. The van der Waals surface area contributed by atoms with Crippen molar-refractivity contribution < 1.29 is 14.3 Å². The van der Waals surface area contributed by atoms with E-state index in [1.165, 1.54) is 0 Å². The molecule has 0 aromatic heterocycles. The van der Waals surface area contributed by atoms with Crippen molar-refractivity contribution in [2.24, 2.45) is 5.92 Å². The molecule has 6 heteroatoms. The van der Waals surface area contributed by atoms with Crippen molar-refractivity contribution in [3.8, 4) is 0 Å². The lowest BCUT2D eigenvalue weighted by Gasteiger charge is -2.32. The first-order valence-corrected chi connectivity index (χ1v) is 10.4. The smallest absolute Gasteiger partial charge is 0.338 e. The largest absolute Gasteiger partial charge is 0.462 e. The van der Waals surface area contributed by atoms with Gasteiger partial charge in [-0.05, 0) is 62.6 Å². The van der Waals surface area contributed by atoms with Crippen LogP contribution < -0.4 is 5.32 Å². The van der Waals surface area contributed by atoms with E-state index in [1.807, 2.05) is 37.3 Å². The first-order valence-electron chi connectivity index (χ1n) is 10.0. The molecular weight excluding hydrogens is 388 g/mol. The van der Waals surface area contributed by atoms with Gasteiger partial charge in [-0.25, -0.2) is 4.79 Å². The number of rotatable bonds is 6. The minimum absolute atomic E-state index is 0.0158. The molecule has 29 heavy (non-hydrogen) atoms. The molecule has 1 aliphatic heterocycles. The van der Waals surface area contributed by atoms with E-state index in [1.54, 1.807) is 19.1 Å². The molecule has 1 saturated heterocycles. The van der Waals surface area contributed by atoms with Gasteiger partial charge in [0.25, 0.3) is 0 Å². The Morgan fingerprint density at radius 3 is 2.76 bits per heavy atom. The molecule has 0 saturated carbocycles. The van der Waals surface area contributed by atoms with E-state index in [0.717, 1.165) is 42.1 Å². The molecule has 0 spiro atoms. The van der Waals surface area contributed by atoms with Crippen LogP contribution in [0, 0.1) is 12.8 Å². The quantitative estimate of drug-likeness (QED) is 0.697. The van der Waals surface area contributed by atoms with E-state index < -0.39 is 0 Å². The highest BCUT2D eigenvalue weighted by Crippen LogP contribution is 2.25. The van der Waals surface area contributed by atoms with Crippen LogP contribution >= 0.6 is 11.6 Å². The molecule has 0 aliphatic carbocycles. The Kier molecular flexibility index (Phi) is 7.29. The number of esters is 1. The van der Waals surface area contributed by atoms with Crippen molar-refractivity contribution in [2.45, 2.75) is 33.2 Å². The molecule has 1 amide bonds. The van der Waals surface area contributed by atoms with Crippen LogP contribution in [0.1, 0.15) is 41.3 Å². The number of nitrogens with zero attached hydrogens (tertiary/aromatic N) is 1. The van der Waals surface area contributed by atoms with E-state index in [0.29, 0.717) is 24.4 Å². The van der Waals surface area contributed by atoms with Gasteiger partial charge in [-0.15, -0.1) is 0 Å². The number of ether oxygens (including phenoxy) is 1. The predicted molar refractivity (Wildman–Crippen MR) is 115 cm³/mol. The zero-order chi connectivity index (χ0) is 20.8. The Bertz CT molecular complexity index is 884. The van der Waals surface area contributed by atoms with Crippen LogP contribution in [-0.4, -0.2) is 36.5 Å². The molecule has 1 N–H and O–H groups in total.